The van der Waals surface area contributed by atoms with Crippen molar-refractivity contribution in [2.75, 3.05) is 19.0 Å². The summed E-state index contributed by atoms with van der Waals surface area (Å²) >= 11 is 0. The second-order valence-corrected chi connectivity index (χ2v) is 5.12. The highest BCUT2D eigenvalue weighted by Crippen LogP contribution is 2.24. The normalized spacial score (nSPS) is 11.0. The van der Waals surface area contributed by atoms with Crippen LogP contribution in [0, 0.1) is 13.8 Å². The minimum atomic E-state index is 0.745. The van der Waals surface area contributed by atoms with Crippen molar-refractivity contribution in [2.24, 2.45) is 0 Å². The van der Waals surface area contributed by atoms with Crippen LogP contribution in [0.2, 0.25) is 0 Å². The molecule has 0 radical (unpaired) electrons. The number of anilines is 1. The fourth-order valence-electron chi connectivity index (χ4n) is 2.21. The minimum Gasteiger partial charge on any atom is -0.362 e. The van der Waals surface area contributed by atoms with Crippen molar-refractivity contribution in [1.82, 2.24) is 19.7 Å². The first-order valence-corrected chi connectivity index (χ1v) is 6.53. The van der Waals surface area contributed by atoms with Gasteiger partial charge in [-0.25, -0.2) is 14.6 Å². The summed E-state index contributed by atoms with van der Waals surface area (Å²) in [6.45, 7) is 3.97. The summed E-state index contributed by atoms with van der Waals surface area (Å²) in [6.07, 6.45) is 1.82. The van der Waals surface area contributed by atoms with E-state index in [2.05, 4.69) is 46.3 Å². The Balaban J connectivity index is 2.25. The molecule has 0 aliphatic heterocycles. The predicted octanol–water partition coefficient (Wildman–Crippen LogP) is 2.50. The lowest BCUT2D eigenvalue weighted by molar-refractivity contribution is 0.888. The zero-order valence-electron chi connectivity index (χ0n) is 12.1. The molecule has 0 fully saturated rings. The summed E-state index contributed by atoms with van der Waals surface area (Å²) < 4.78 is 1.86. The zero-order valence-corrected chi connectivity index (χ0v) is 12.1. The average molecular weight is 267 g/mol. The van der Waals surface area contributed by atoms with Gasteiger partial charge in [0.15, 0.2) is 5.65 Å². The Morgan fingerprint density at radius 3 is 2.35 bits per heavy atom. The van der Waals surface area contributed by atoms with E-state index in [4.69, 9.17) is 0 Å². The number of fused-ring (bicyclic) bond motifs is 1. The predicted molar refractivity (Wildman–Crippen MR) is 80.5 cm³/mol. The second-order valence-electron chi connectivity index (χ2n) is 5.12. The van der Waals surface area contributed by atoms with Gasteiger partial charge in [0.2, 0.25) is 0 Å². The molecule has 0 N–H and O–H groups in total. The molecule has 0 aliphatic rings. The van der Waals surface area contributed by atoms with Crippen LogP contribution in [-0.2, 0) is 0 Å². The molecule has 20 heavy (non-hydrogen) atoms. The molecule has 2 aromatic heterocycles. The van der Waals surface area contributed by atoms with E-state index in [1.54, 1.807) is 0 Å². The van der Waals surface area contributed by atoms with Gasteiger partial charge in [-0.05, 0) is 26.0 Å². The SMILES string of the molecule is Cc1ccc(-n2ncc3c(N(C)C)nc(C)nc32)cc1. The standard InChI is InChI=1S/C15H17N5/c1-10-5-7-12(8-6-10)20-15-13(9-16-20)14(19(3)4)17-11(2)18-15/h5-9H,1-4H3. The lowest BCUT2D eigenvalue weighted by Crippen LogP contribution is -2.12. The first kappa shape index (κ1) is 12.6. The number of benzene rings is 1. The first-order chi connectivity index (χ1) is 9.56. The van der Waals surface area contributed by atoms with Crippen LogP contribution < -0.4 is 4.90 Å². The molecule has 0 atom stereocenters. The highest BCUT2D eigenvalue weighted by molar-refractivity contribution is 5.87. The van der Waals surface area contributed by atoms with Crippen molar-refractivity contribution in [1.29, 1.82) is 0 Å². The van der Waals surface area contributed by atoms with Crippen LogP contribution in [-0.4, -0.2) is 33.8 Å². The van der Waals surface area contributed by atoms with Crippen molar-refractivity contribution < 1.29 is 0 Å². The van der Waals surface area contributed by atoms with E-state index in [1.807, 2.05) is 36.8 Å². The Morgan fingerprint density at radius 1 is 1.00 bits per heavy atom. The molecule has 0 spiro atoms. The summed E-state index contributed by atoms with van der Waals surface area (Å²) in [4.78, 5) is 11.0. The number of hydrogen-bond donors (Lipinski definition) is 0. The second kappa shape index (κ2) is 4.59. The van der Waals surface area contributed by atoms with E-state index in [9.17, 15) is 0 Å². The van der Waals surface area contributed by atoms with Crippen molar-refractivity contribution >= 4 is 16.9 Å². The van der Waals surface area contributed by atoms with Crippen LogP contribution in [0.1, 0.15) is 11.4 Å². The summed E-state index contributed by atoms with van der Waals surface area (Å²) in [6, 6.07) is 8.25. The minimum absolute atomic E-state index is 0.745. The van der Waals surface area contributed by atoms with Crippen LogP contribution in [0.3, 0.4) is 0 Å². The summed E-state index contributed by atoms with van der Waals surface area (Å²) in [5.41, 5.74) is 3.07. The third-order valence-corrected chi connectivity index (χ3v) is 3.22. The maximum absolute atomic E-state index is 4.54. The monoisotopic (exact) mass is 267 g/mol. The first-order valence-electron chi connectivity index (χ1n) is 6.53. The molecule has 3 rings (SSSR count). The third kappa shape index (κ3) is 2.01. The molecule has 0 unspecified atom stereocenters. The molecule has 5 heteroatoms. The van der Waals surface area contributed by atoms with E-state index < -0.39 is 0 Å². The van der Waals surface area contributed by atoms with Gasteiger partial charge in [-0.1, -0.05) is 17.7 Å². The number of rotatable bonds is 2. The third-order valence-electron chi connectivity index (χ3n) is 3.22. The highest BCUT2D eigenvalue weighted by Gasteiger charge is 2.13. The van der Waals surface area contributed by atoms with Gasteiger partial charge in [-0.3, -0.25) is 0 Å². The molecule has 0 aliphatic carbocycles. The maximum atomic E-state index is 4.54. The van der Waals surface area contributed by atoms with Gasteiger partial charge in [-0.2, -0.15) is 5.10 Å². The van der Waals surface area contributed by atoms with Gasteiger partial charge in [-0.15, -0.1) is 0 Å². The molecule has 102 valence electrons. The van der Waals surface area contributed by atoms with Gasteiger partial charge in [0.05, 0.1) is 17.3 Å². The van der Waals surface area contributed by atoms with Crippen LogP contribution in [0.5, 0.6) is 0 Å². The van der Waals surface area contributed by atoms with Crippen molar-refractivity contribution in [3.8, 4) is 5.69 Å². The molecular formula is C15H17N5. The van der Waals surface area contributed by atoms with Gasteiger partial charge < -0.3 is 4.90 Å². The molecule has 0 amide bonds. The van der Waals surface area contributed by atoms with Gasteiger partial charge >= 0.3 is 0 Å². The largest absolute Gasteiger partial charge is 0.362 e. The van der Waals surface area contributed by atoms with Gasteiger partial charge in [0, 0.05) is 14.1 Å². The number of aryl methyl sites for hydroxylation is 2. The molecule has 0 saturated heterocycles. The average Bonchev–Trinajstić information content (AvgIpc) is 2.82. The van der Waals surface area contributed by atoms with Crippen molar-refractivity contribution in [2.45, 2.75) is 13.8 Å². The van der Waals surface area contributed by atoms with E-state index in [0.29, 0.717) is 0 Å². The van der Waals surface area contributed by atoms with Crippen molar-refractivity contribution in [3.05, 3.63) is 41.9 Å². The van der Waals surface area contributed by atoms with Gasteiger partial charge in [0.25, 0.3) is 0 Å². The highest BCUT2D eigenvalue weighted by atomic mass is 15.3. The quantitative estimate of drug-likeness (QED) is 0.715. The van der Waals surface area contributed by atoms with Gasteiger partial charge in [0.1, 0.15) is 11.6 Å². The van der Waals surface area contributed by atoms with E-state index >= 15 is 0 Å². The number of hydrogen-bond acceptors (Lipinski definition) is 4. The fraction of sp³-hybridized carbons (Fsp3) is 0.267. The molecule has 2 heterocycles. The lowest BCUT2D eigenvalue weighted by atomic mass is 10.2. The Morgan fingerprint density at radius 2 is 1.70 bits per heavy atom. The Hall–Kier alpha value is -2.43. The fourth-order valence-corrected chi connectivity index (χ4v) is 2.21. The molecule has 3 aromatic rings. The molecule has 0 bridgehead atoms. The summed E-state index contributed by atoms with van der Waals surface area (Å²) in [5, 5.41) is 5.43. The number of aromatic nitrogens is 4. The Labute approximate surface area is 117 Å². The van der Waals surface area contributed by atoms with E-state index in [-0.39, 0.29) is 0 Å². The summed E-state index contributed by atoms with van der Waals surface area (Å²) in [7, 11) is 3.95. The lowest BCUT2D eigenvalue weighted by Gasteiger charge is -2.12. The maximum Gasteiger partial charge on any atom is 0.168 e. The summed E-state index contributed by atoms with van der Waals surface area (Å²) in [5.74, 6) is 1.64. The van der Waals surface area contributed by atoms with Crippen LogP contribution in [0.4, 0.5) is 5.82 Å². The van der Waals surface area contributed by atoms with Crippen LogP contribution in [0.25, 0.3) is 16.7 Å². The smallest absolute Gasteiger partial charge is 0.168 e. The van der Waals surface area contributed by atoms with Crippen LogP contribution in [0.15, 0.2) is 30.5 Å². The Kier molecular flexibility index (Phi) is 2.89. The van der Waals surface area contributed by atoms with Crippen LogP contribution >= 0.6 is 0 Å². The van der Waals surface area contributed by atoms with Crippen molar-refractivity contribution in [3.63, 3.8) is 0 Å². The molecule has 1 aromatic carbocycles. The van der Waals surface area contributed by atoms with E-state index in [0.717, 1.165) is 28.4 Å². The topological polar surface area (TPSA) is 46.8 Å². The molecule has 0 saturated carbocycles. The molecule has 5 nitrogen and oxygen atoms in total. The zero-order chi connectivity index (χ0) is 14.3. The molecular weight excluding hydrogens is 250 g/mol. The Bertz CT molecular complexity index is 756. The van der Waals surface area contributed by atoms with E-state index in [1.165, 1.54) is 5.56 Å². The number of nitrogens with zero attached hydrogens (tertiary/aromatic N) is 5.